The standard InChI is InChI=1S/C46H42O5/c1-45(2,3)51-43(47)36-26-24-33-23-25-35(29-37(33)30-36)34-15-13-14-32(28-34)22-27-42-41(44(48)50-42)31-49-46(38-16-7-4-8-17-38,39-18-9-5-10-19-39)40-20-11-6-12-21-40/h4-21,23-26,28-30,41-42H,22,27,31H2,1-3H3/t41-,42-/m1/s1. The first-order chi connectivity index (χ1) is 24.7. The van der Waals surface area contributed by atoms with Gasteiger partial charge in [0.05, 0.1) is 12.2 Å². The molecule has 1 fully saturated rings. The van der Waals surface area contributed by atoms with Crippen molar-refractivity contribution in [3.63, 3.8) is 0 Å². The van der Waals surface area contributed by atoms with E-state index in [2.05, 4.69) is 78.9 Å². The third-order valence-corrected chi connectivity index (χ3v) is 9.49. The first-order valence-corrected chi connectivity index (χ1v) is 17.6. The zero-order chi connectivity index (χ0) is 35.4. The van der Waals surface area contributed by atoms with Crippen LogP contribution >= 0.6 is 0 Å². The molecule has 0 aliphatic carbocycles. The molecular weight excluding hydrogens is 633 g/mol. The topological polar surface area (TPSA) is 61.8 Å². The van der Waals surface area contributed by atoms with Crippen LogP contribution in [0.4, 0.5) is 0 Å². The number of fused-ring (bicyclic) bond motifs is 1. The van der Waals surface area contributed by atoms with Crippen molar-refractivity contribution in [2.75, 3.05) is 6.61 Å². The van der Waals surface area contributed by atoms with Crippen molar-refractivity contribution in [1.82, 2.24) is 0 Å². The highest BCUT2D eigenvalue weighted by Crippen LogP contribution is 2.42. The summed E-state index contributed by atoms with van der Waals surface area (Å²) in [6.45, 7) is 5.83. The lowest BCUT2D eigenvalue weighted by Crippen LogP contribution is -2.49. The summed E-state index contributed by atoms with van der Waals surface area (Å²) in [6, 6.07) is 51.0. The number of ether oxygens (including phenoxy) is 3. The number of benzene rings is 6. The fraction of sp³-hybridized carbons (Fsp3) is 0.217. The number of cyclic esters (lactones) is 1. The predicted molar refractivity (Wildman–Crippen MR) is 201 cm³/mol. The van der Waals surface area contributed by atoms with Gasteiger partial charge in [0.15, 0.2) is 0 Å². The van der Waals surface area contributed by atoms with Crippen LogP contribution < -0.4 is 0 Å². The van der Waals surface area contributed by atoms with Crippen LogP contribution in [0.3, 0.4) is 0 Å². The van der Waals surface area contributed by atoms with Crippen LogP contribution in [0.25, 0.3) is 21.9 Å². The van der Waals surface area contributed by atoms with Gasteiger partial charge in [-0.1, -0.05) is 133 Å². The second-order valence-corrected chi connectivity index (χ2v) is 14.2. The Morgan fingerprint density at radius 2 is 1.24 bits per heavy atom. The molecule has 0 amide bonds. The van der Waals surface area contributed by atoms with E-state index in [4.69, 9.17) is 14.2 Å². The normalized spacial score (nSPS) is 15.9. The molecule has 6 aromatic carbocycles. The van der Waals surface area contributed by atoms with Crippen molar-refractivity contribution in [2.45, 2.75) is 50.9 Å². The maximum absolute atomic E-state index is 12.9. The molecule has 1 heterocycles. The van der Waals surface area contributed by atoms with Crippen LogP contribution in [0.15, 0.2) is 152 Å². The quantitative estimate of drug-likeness (QED) is 0.101. The maximum Gasteiger partial charge on any atom is 0.338 e. The number of carbonyl (C=O) groups excluding carboxylic acids is 2. The summed E-state index contributed by atoms with van der Waals surface area (Å²) >= 11 is 0. The van der Waals surface area contributed by atoms with E-state index in [-0.39, 0.29) is 30.6 Å². The summed E-state index contributed by atoms with van der Waals surface area (Å²) in [5.41, 5.74) is 5.37. The molecule has 5 nitrogen and oxygen atoms in total. The molecule has 0 radical (unpaired) electrons. The van der Waals surface area contributed by atoms with Crippen LogP contribution in [-0.2, 0) is 31.0 Å². The van der Waals surface area contributed by atoms with Crippen LogP contribution in [0.2, 0.25) is 0 Å². The Labute approximate surface area is 299 Å². The average molecular weight is 675 g/mol. The molecule has 5 heteroatoms. The Kier molecular flexibility index (Phi) is 9.57. The van der Waals surface area contributed by atoms with E-state index in [1.54, 1.807) is 0 Å². The summed E-state index contributed by atoms with van der Waals surface area (Å²) < 4.78 is 18.3. The van der Waals surface area contributed by atoms with Crippen molar-refractivity contribution >= 4 is 22.7 Å². The van der Waals surface area contributed by atoms with Crippen molar-refractivity contribution in [1.29, 1.82) is 0 Å². The van der Waals surface area contributed by atoms with E-state index in [0.29, 0.717) is 12.0 Å². The maximum atomic E-state index is 12.9. The van der Waals surface area contributed by atoms with Gasteiger partial charge in [-0.05, 0) is 96.0 Å². The monoisotopic (exact) mass is 674 g/mol. The zero-order valence-corrected chi connectivity index (χ0v) is 29.3. The van der Waals surface area contributed by atoms with Crippen LogP contribution in [0, 0.1) is 5.92 Å². The molecule has 1 aliphatic rings. The van der Waals surface area contributed by atoms with Gasteiger partial charge in [-0.25, -0.2) is 4.79 Å². The second kappa shape index (κ2) is 14.4. The lowest BCUT2D eigenvalue weighted by molar-refractivity contribution is -0.194. The molecule has 7 rings (SSSR count). The Morgan fingerprint density at radius 1 is 0.647 bits per heavy atom. The number of carbonyl (C=O) groups is 2. The van der Waals surface area contributed by atoms with Gasteiger partial charge in [-0.2, -0.15) is 0 Å². The summed E-state index contributed by atoms with van der Waals surface area (Å²) in [7, 11) is 0. The number of rotatable bonds is 11. The Hall–Kier alpha value is -5.52. The fourth-order valence-corrected chi connectivity index (χ4v) is 6.92. The van der Waals surface area contributed by atoms with Gasteiger partial charge in [0, 0.05) is 0 Å². The van der Waals surface area contributed by atoms with Gasteiger partial charge in [-0.3, -0.25) is 4.79 Å². The second-order valence-electron chi connectivity index (χ2n) is 14.2. The van der Waals surface area contributed by atoms with Crippen molar-refractivity contribution < 1.29 is 23.8 Å². The minimum Gasteiger partial charge on any atom is -0.461 e. The highest BCUT2D eigenvalue weighted by molar-refractivity contribution is 5.96. The molecule has 0 unspecified atom stereocenters. The van der Waals surface area contributed by atoms with E-state index in [0.717, 1.165) is 50.6 Å². The van der Waals surface area contributed by atoms with Gasteiger partial charge in [0.2, 0.25) is 0 Å². The molecule has 51 heavy (non-hydrogen) atoms. The molecule has 6 aromatic rings. The Morgan fingerprint density at radius 3 is 1.82 bits per heavy atom. The lowest BCUT2D eigenvalue weighted by Gasteiger charge is -2.40. The number of hydrogen-bond donors (Lipinski definition) is 0. The summed E-state index contributed by atoms with van der Waals surface area (Å²) in [5, 5.41) is 2.03. The lowest BCUT2D eigenvalue weighted by atomic mass is 9.79. The summed E-state index contributed by atoms with van der Waals surface area (Å²) in [6.07, 6.45) is 1.20. The fourth-order valence-electron chi connectivity index (χ4n) is 6.92. The molecule has 256 valence electrons. The van der Waals surface area contributed by atoms with Gasteiger partial charge in [0.25, 0.3) is 0 Å². The molecule has 0 aromatic heterocycles. The molecular formula is C46H42O5. The van der Waals surface area contributed by atoms with Gasteiger partial charge in [0.1, 0.15) is 23.2 Å². The summed E-state index contributed by atoms with van der Waals surface area (Å²) in [4.78, 5) is 25.7. The third kappa shape index (κ3) is 7.35. The first-order valence-electron chi connectivity index (χ1n) is 17.6. The molecule has 0 spiro atoms. The average Bonchev–Trinajstić information content (AvgIpc) is 3.15. The van der Waals surface area contributed by atoms with Gasteiger partial charge in [-0.15, -0.1) is 0 Å². The Balaban J connectivity index is 1.08. The highest BCUT2D eigenvalue weighted by atomic mass is 16.6. The van der Waals surface area contributed by atoms with Gasteiger partial charge < -0.3 is 14.2 Å². The van der Waals surface area contributed by atoms with Gasteiger partial charge >= 0.3 is 11.9 Å². The molecule has 1 aliphatic heterocycles. The summed E-state index contributed by atoms with van der Waals surface area (Å²) in [5.74, 6) is -0.926. The Bertz CT molecular complexity index is 2040. The van der Waals surface area contributed by atoms with Crippen LogP contribution in [-0.4, -0.2) is 30.3 Å². The zero-order valence-electron chi connectivity index (χ0n) is 29.3. The number of aryl methyl sites for hydroxylation is 1. The molecule has 0 bridgehead atoms. The molecule has 2 atom stereocenters. The molecule has 1 saturated heterocycles. The number of hydrogen-bond acceptors (Lipinski definition) is 5. The van der Waals surface area contributed by atoms with E-state index in [1.165, 1.54) is 0 Å². The van der Waals surface area contributed by atoms with E-state index in [9.17, 15) is 9.59 Å². The minimum absolute atomic E-state index is 0.223. The van der Waals surface area contributed by atoms with Crippen molar-refractivity contribution in [3.05, 3.63) is 179 Å². The van der Waals surface area contributed by atoms with E-state index >= 15 is 0 Å². The molecule has 0 saturated carbocycles. The third-order valence-electron chi connectivity index (χ3n) is 9.49. The smallest absolute Gasteiger partial charge is 0.338 e. The highest BCUT2D eigenvalue weighted by Gasteiger charge is 2.45. The van der Waals surface area contributed by atoms with E-state index < -0.39 is 11.2 Å². The van der Waals surface area contributed by atoms with E-state index in [1.807, 2.05) is 93.6 Å². The first kappa shape index (κ1) is 34.0. The van der Waals surface area contributed by atoms with Crippen molar-refractivity contribution in [3.8, 4) is 11.1 Å². The SMILES string of the molecule is CC(C)(C)OC(=O)c1ccc2ccc(-c3cccc(CC[C@H]4OC(=O)[C@@H]4COC(c4ccccc4)(c4ccccc4)c4ccccc4)c3)cc2c1. The van der Waals surface area contributed by atoms with Crippen LogP contribution in [0.1, 0.15) is 59.8 Å². The van der Waals surface area contributed by atoms with Crippen LogP contribution in [0.5, 0.6) is 0 Å². The predicted octanol–water partition coefficient (Wildman–Crippen LogP) is 9.94. The largest absolute Gasteiger partial charge is 0.461 e. The van der Waals surface area contributed by atoms with Crippen molar-refractivity contribution in [2.24, 2.45) is 5.92 Å². The molecule has 0 N–H and O–H groups in total. The number of esters is 2. The minimum atomic E-state index is -0.897.